The summed E-state index contributed by atoms with van der Waals surface area (Å²) in [6.45, 7) is 2.22. The van der Waals surface area contributed by atoms with E-state index in [9.17, 15) is 14.4 Å². The van der Waals surface area contributed by atoms with Gasteiger partial charge < -0.3 is 14.8 Å². The Morgan fingerprint density at radius 1 is 1.27 bits per heavy atom. The molecule has 1 aromatic heterocycles. The van der Waals surface area contributed by atoms with Gasteiger partial charge in [-0.05, 0) is 35.7 Å². The number of nitrogens with one attached hydrogen (secondary N) is 3. The van der Waals surface area contributed by atoms with E-state index in [-0.39, 0.29) is 18.5 Å². The predicted octanol–water partition coefficient (Wildman–Crippen LogP) is 1.59. The molecule has 0 unspecified atom stereocenters. The summed E-state index contributed by atoms with van der Waals surface area (Å²) < 4.78 is 11.1. The zero-order valence-corrected chi connectivity index (χ0v) is 16.4. The van der Waals surface area contributed by atoms with E-state index < -0.39 is 17.6 Å². The lowest BCUT2D eigenvalue weighted by Crippen LogP contribution is -2.35. The normalized spacial score (nSPS) is 14.7. The zero-order chi connectivity index (χ0) is 21.3. The third-order valence-corrected chi connectivity index (χ3v) is 4.87. The van der Waals surface area contributed by atoms with Gasteiger partial charge in [0.05, 0.1) is 19.2 Å². The lowest BCUT2D eigenvalue weighted by Gasteiger charge is -2.15. The molecule has 1 atom stereocenters. The van der Waals surface area contributed by atoms with E-state index in [2.05, 4.69) is 20.5 Å². The number of aromatic amines is 2. The first-order valence-corrected chi connectivity index (χ1v) is 9.37. The quantitative estimate of drug-likeness (QED) is 0.551. The molecule has 9 nitrogen and oxygen atoms in total. The topological polar surface area (TPSA) is 126 Å². The summed E-state index contributed by atoms with van der Waals surface area (Å²) >= 11 is 0. The van der Waals surface area contributed by atoms with E-state index in [4.69, 9.17) is 9.47 Å². The van der Waals surface area contributed by atoms with E-state index >= 15 is 0 Å². The number of hydrogen-bond donors (Lipinski definition) is 3. The lowest BCUT2D eigenvalue weighted by atomic mass is 9.94. The largest absolute Gasteiger partial charge is 0.487 e. The number of aromatic nitrogens is 3. The van der Waals surface area contributed by atoms with Crippen molar-refractivity contribution in [1.82, 2.24) is 20.5 Å². The average molecular weight is 408 g/mol. The molecule has 1 amide bonds. The SMILES string of the molecule is COC(=O)c1ccccc1-c1cc(C)cc2c1O[C@H](CNC(=O)c1n[nH]c(=O)[nH]1)C2. The van der Waals surface area contributed by atoms with Crippen LogP contribution in [0.1, 0.15) is 32.1 Å². The molecular formula is C21H20N4O5. The van der Waals surface area contributed by atoms with E-state index in [1.165, 1.54) is 7.11 Å². The fraction of sp³-hybridized carbons (Fsp3) is 0.238. The van der Waals surface area contributed by atoms with Crippen molar-refractivity contribution in [1.29, 1.82) is 0 Å². The van der Waals surface area contributed by atoms with Crippen LogP contribution in [-0.4, -0.2) is 46.8 Å². The molecule has 0 saturated carbocycles. The van der Waals surface area contributed by atoms with Crippen molar-refractivity contribution in [3.63, 3.8) is 0 Å². The Morgan fingerprint density at radius 3 is 2.80 bits per heavy atom. The molecule has 1 aliphatic heterocycles. The van der Waals surface area contributed by atoms with Crippen LogP contribution in [0.3, 0.4) is 0 Å². The number of nitrogens with zero attached hydrogens (tertiary/aromatic N) is 1. The number of H-pyrrole nitrogens is 2. The number of carbonyl (C=O) groups is 2. The molecule has 3 aromatic rings. The van der Waals surface area contributed by atoms with Gasteiger partial charge in [0.2, 0.25) is 5.82 Å². The number of hydrogen-bond acceptors (Lipinski definition) is 6. The van der Waals surface area contributed by atoms with E-state index in [0.29, 0.717) is 17.7 Å². The van der Waals surface area contributed by atoms with Gasteiger partial charge in [-0.3, -0.25) is 9.78 Å². The van der Waals surface area contributed by atoms with Crippen LogP contribution in [0.15, 0.2) is 41.2 Å². The highest BCUT2D eigenvalue weighted by molar-refractivity contribution is 5.98. The van der Waals surface area contributed by atoms with E-state index in [0.717, 1.165) is 22.3 Å². The first-order valence-electron chi connectivity index (χ1n) is 9.37. The second-order valence-corrected chi connectivity index (χ2v) is 7.02. The van der Waals surface area contributed by atoms with Gasteiger partial charge >= 0.3 is 11.7 Å². The van der Waals surface area contributed by atoms with Crippen molar-refractivity contribution in [2.75, 3.05) is 13.7 Å². The van der Waals surface area contributed by atoms with Gasteiger partial charge in [0, 0.05) is 12.0 Å². The minimum absolute atomic E-state index is 0.0842. The van der Waals surface area contributed by atoms with Crippen LogP contribution in [0, 0.1) is 6.92 Å². The summed E-state index contributed by atoms with van der Waals surface area (Å²) in [4.78, 5) is 37.7. The summed E-state index contributed by atoms with van der Waals surface area (Å²) in [6, 6.07) is 11.2. The monoisotopic (exact) mass is 408 g/mol. The van der Waals surface area contributed by atoms with Crippen molar-refractivity contribution in [3.05, 3.63) is 69.4 Å². The van der Waals surface area contributed by atoms with Crippen LogP contribution in [0.5, 0.6) is 5.75 Å². The van der Waals surface area contributed by atoms with Gasteiger partial charge in [0.1, 0.15) is 11.9 Å². The summed E-state index contributed by atoms with van der Waals surface area (Å²) in [5, 5.41) is 8.47. The van der Waals surface area contributed by atoms with Gasteiger partial charge in [-0.15, -0.1) is 5.10 Å². The number of rotatable bonds is 5. The molecule has 3 N–H and O–H groups in total. The Morgan fingerprint density at radius 2 is 2.07 bits per heavy atom. The number of carbonyl (C=O) groups excluding carboxylic acids is 2. The van der Waals surface area contributed by atoms with Crippen LogP contribution in [-0.2, 0) is 11.2 Å². The van der Waals surface area contributed by atoms with Crippen LogP contribution in [0.2, 0.25) is 0 Å². The van der Waals surface area contributed by atoms with Crippen molar-refractivity contribution >= 4 is 11.9 Å². The maximum absolute atomic E-state index is 12.2. The standard InChI is InChI=1S/C21H20N4O5/c1-11-7-12-9-13(10-22-19(26)18-23-21(28)25-24-18)30-17(12)16(8-11)14-5-3-4-6-15(14)20(27)29-2/h3-8,13H,9-10H2,1-2H3,(H,22,26)(H2,23,24,25,28)/t13-/m0/s1. The number of aryl methyl sites for hydroxylation is 1. The summed E-state index contributed by atoms with van der Waals surface area (Å²) in [6.07, 6.45) is 0.308. The molecule has 0 spiro atoms. The summed E-state index contributed by atoms with van der Waals surface area (Å²) in [5.74, 6) is -0.320. The molecule has 30 heavy (non-hydrogen) atoms. The molecule has 0 aliphatic carbocycles. The van der Waals surface area contributed by atoms with Gasteiger partial charge in [-0.1, -0.05) is 24.3 Å². The number of benzene rings is 2. The number of esters is 1. The molecule has 0 fully saturated rings. The highest BCUT2D eigenvalue weighted by Crippen LogP contribution is 2.41. The second kappa shape index (κ2) is 7.86. The molecule has 0 saturated heterocycles. The first-order chi connectivity index (χ1) is 14.5. The maximum Gasteiger partial charge on any atom is 0.341 e. The Labute approximate surface area is 171 Å². The van der Waals surface area contributed by atoms with Crippen LogP contribution in [0.25, 0.3) is 11.1 Å². The summed E-state index contributed by atoms with van der Waals surface area (Å²) in [5.41, 5.74) is 3.46. The van der Waals surface area contributed by atoms with Crippen molar-refractivity contribution in [2.45, 2.75) is 19.4 Å². The summed E-state index contributed by atoms with van der Waals surface area (Å²) in [7, 11) is 1.35. The minimum atomic E-state index is -0.547. The lowest BCUT2D eigenvalue weighted by molar-refractivity contribution is 0.0601. The number of fused-ring (bicyclic) bond motifs is 1. The second-order valence-electron chi connectivity index (χ2n) is 7.02. The van der Waals surface area contributed by atoms with Crippen molar-refractivity contribution in [3.8, 4) is 16.9 Å². The molecule has 2 heterocycles. The Bertz CT molecular complexity index is 1180. The molecule has 1 aliphatic rings. The number of methoxy groups -OCH3 is 1. The van der Waals surface area contributed by atoms with Gasteiger partial charge in [-0.2, -0.15) is 0 Å². The van der Waals surface area contributed by atoms with Crippen LogP contribution >= 0.6 is 0 Å². The molecule has 2 aromatic carbocycles. The Kier molecular flexibility index (Phi) is 5.09. The predicted molar refractivity (Wildman–Crippen MR) is 108 cm³/mol. The third-order valence-electron chi connectivity index (χ3n) is 4.87. The van der Waals surface area contributed by atoms with Crippen LogP contribution < -0.4 is 15.7 Å². The molecular weight excluding hydrogens is 388 g/mol. The van der Waals surface area contributed by atoms with Crippen molar-refractivity contribution < 1.29 is 19.1 Å². The minimum Gasteiger partial charge on any atom is -0.487 e. The Balaban J connectivity index is 1.58. The van der Waals surface area contributed by atoms with Gasteiger partial charge in [0.15, 0.2) is 0 Å². The highest BCUT2D eigenvalue weighted by atomic mass is 16.5. The van der Waals surface area contributed by atoms with E-state index in [1.807, 2.05) is 31.2 Å². The fourth-order valence-corrected chi connectivity index (χ4v) is 3.58. The third kappa shape index (κ3) is 3.69. The molecule has 154 valence electrons. The van der Waals surface area contributed by atoms with Gasteiger partial charge in [0.25, 0.3) is 5.91 Å². The number of ether oxygens (including phenoxy) is 2. The molecule has 9 heteroatoms. The first kappa shape index (κ1) is 19.4. The van der Waals surface area contributed by atoms with Crippen LogP contribution in [0.4, 0.5) is 0 Å². The van der Waals surface area contributed by atoms with E-state index in [1.54, 1.807) is 12.1 Å². The number of amides is 1. The smallest absolute Gasteiger partial charge is 0.341 e. The van der Waals surface area contributed by atoms with Crippen molar-refractivity contribution in [2.24, 2.45) is 0 Å². The highest BCUT2D eigenvalue weighted by Gasteiger charge is 2.28. The Hall–Kier alpha value is -3.88. The fourth-order valence-electron chi connectivity index (χ4n) is 3.58. The zero-order valence-electron chi connectivity index (χ0n) is 16.4. The molecule has 4 rings (SSSR count). The average Bonchev–Trinajstić information content (AvgIpc) is 3.36. The molecule has 0 radical (unpaired) electrons. The maximum atomic E-state index is 12.2. The van der Waals surface area contributed by atoms with Gasteiger partial charge in [-0.25, -0.2) is 14.7 Å². The molecule has 0 bridgehead atoms.